The zero-order valence-corrected chi connectivity index (χ0v) is 14.2. The standard InChI is InChI=1S/C20H27NO2/c1-15(13-21-9-7-16(14-22)8-10-21)17-3-4-19-12-20(23-2)6-5-18(19)11-17/h3-6,11-12,15-16,22H,7-10,13-14H2,1-2H3. The summed E-state index contributed by atoms with van der Waals surface area (Å²) in [4.78, 5) is 2.54. The third-order valence-corrected chi connectivity index (χ3v) is 5.14. The van der Waals surface area contributed by atoms with Gasteiger partial charge in [-0.15, -0.1) is 0 Å². The number of piperidine rings is 1. The van der Waals surface area contributed by atoms with Crippen LogP contribution in [-0.4, -0.2) is 43.4 Å². The molecule has 1 atom stereocenters. The van der Waals surface area contributed by atoms with Crippen molar-refractivity contribution in [2.24, 2.45) is 5.92 Å². The molecule has 3 rings (SSSR count). The molecule has 1 heterocycles. The molecule has 0 aromatic heterocycles. The number of aliphatic hydroxyl groups is 1. The summed E-state index contributed by atoms with van der Waals surface area (Å²) < 4.78 is 5.29. The van der Waals surface area contributed by atoms with E-state index in [4.69, 9.17) is 4.74 Å². The Bertz CT molecular complexity index is 647. The van der Waals surface area contributed by atoms with Crippen molar-refractivity contribution >= 4 is 10.8 Å². The lowest BCUT2D eigenvalue weighted by Crippen LogP contribution is -2.37. The third kappa shape index (κ3) is 3.85. The van der Waals surface area contributed by atoms with Crippen LogP contribution in [0.2, 0.25) is 0 Å². The molecule has 0 spiro atoms. The normalized spacial score (nSPS) is 18.2. The maximum atomic E-state index is 9.25. The van der Waals surface area contributed by atoms with Gasteiger partial charge < -0.3 is 14.7 Å². The molecule has 0 bridgehead atoms. The number of hydrogen-bond acceptors (Lipinski definition) is 3. The Labute approximate surface area is 138 Å². The number of ether oxygens (including phenoxy) is 1. The molecule has 124 valence electrons. The monoisotopic (exact) mass is 313 g/mol. The van der Waals surface area contributed by atoms with E-state index in [0.29, 0.717) is 18.4 Å². The summed E-state index contributed by atoms with van der Waals surface area (Å²) in [6.07, 6.45) is 2.25. The van der Waals surface area contributed by atoms with Crippen molar-refractivity contribution in [3.63, 3.8) is 0 Å². The van der Waals surface area contributed by atoms with Gasteiger partial charge in [0, 0.05) is 13.2 Å². The van der Waals surface area contributed by atoms with Gasteiger partial charge in [0.25, 0.3) is 0 Å². The molecule has 3 nitrogen and oxygen atoms in total. The number of hydrogen-bond donors (Lipinski definition) is 1. The first-order valence-corrected chi connectivity index (χ1v) is 8.60. The average Bonchev–Trinajstić information content (AvgIpc) is 2.61. The second-order valence-corrected chi connectivity index (χ2v) is 6.80. The molecule has 2 aromatic rings. The van der Waals surface area contributed by atoms with Gasteiger partial charge in [0.05, 0.1) is 7.11 Å². The van der Waals surface area contributed by atoms with E-state index < -0.39 is 0 Å². The number of likely N-dealkylation sites (tertiary alicyclic amines) is 1. The van der Waals surface area contributed by atoms with Crippen LogP contribution >= 0.6 is 0 Å². The first kappa shape index (κ1) is 16.3. The predicted octanol–water partition coefficient (Wildman–Crippen LogP) is 3.66. The zero-order valence-electron chi connectivity index (χ0n) is 14.2. The van der Waals surface area contributed by atoms with Crippen LogP contribution in [0.25, 0.3) is 10.8 Å². The first-order valence-electron chi connectivity index (χ1n) is 8.60. The van der Waals surface area contributed by atoms with E-state index in [1.165, 1.54) is 16.3 Å². The van der Waals surface area contributed by atoms with Gasteiger partial charge in [-0.2, -0.15) is 0 Å². The topological polar surface area (TPSA) is 32.7 Å². The maximum absolute atomic E-state index is 9.25. The third-order valence-electron chi connectivity index (χ3n) is 5.14. The summed E-state index contributed by atoms with van der Waals surface area (Å²) in [6, 6.07) is 13.0. The molecule has 2 aromatic carbocycles. The van der Waals surface area contributed by atoms with Crippen molar-refractivity contribution in [3.8, 4) is 5.75 Å². The highest BCUT2D eigenvalue weighted by atomic mass is 16.5. The van der Waals surface area contributed by atoms with Crippen molar-refractivity contribution in [1.82, 2.24) is 4.90 Å². The summed E-state index contributed by atoms with van der Waals surface area (Å²) in [5, 5.41) is 11.7. The SMILES string of the molecule is COc1ccc2cc(C(C)CN3CCC(CO)CC3)ccc2c1. The van der Waals surface area contributed by atoms with Crippen molar-refractivity contribution in [3.05, 3.63) is 42.0 Å². The van der Waals surface area contributed by atoms with E-state index in [2.05, 4.69) is 42.2 Å². The molecular weight excluding hydrogens is 286 g/mol. The van der Waals surface area contributed by atoms with Crippen LogP contribution in [-0.2, 0) is 0 Å². The summed E-state index contributed by atoms with van der Waals surface area (Å²) in [7, 11) is 1.71. The molecule has 3 heteroatoms. The van der Waals surface area contributed by atoms with Gasteiger partial charge in [-0.3, -0.25) is 0 Å². The zero-order chi connectivity index (χ0) is 16.2. The van der Waals surface area contributed by atoms with Crippen LogP contribution in [0.4, 0.5) is 0 Å². The Morgan fingerprint density at radius 3 is 2.52 bits per heavy atom. The van der Waals surface area contributed by atoms with Gasteiger partial charge in [-0.1, -0.05) is 31.2 Å². The summed E-state index contributed by atoms with van der Waals surface area (Å²) in [5.74, 6) is 1.94. The fourth-order valence-corrected chi connectivity index (χ4v) is 3.52. The molecule has 0 amide bonds. The number of benzene rings is 2. The molecule has 1 aliphatic rings. The van der Waals surface area contributed by atoms with Crippen LogP contribution in [0.15, 0.2) is 36.4 Å². The molecule has 0 radical (unpaired) electrons. The minimum atomic E-state index is 0.345. The van der Waals surface area contributed by atoms with Gasteiger partial charge in [-0.05, 0) is 66.2 Å². The van der Waals surface area contributed by atoms with E-state index in [9.17, 15) is 5.11 Å². The Balaban J connectivity index is 1.67. The molecule has 1 N–H and O–H groups in total. The predicted molar refractivity (Wildman–Crippen MR) is 95.2 cm³/mol. The van der Waals surface area contributed by atoms with Gasteiger partial charge in [0.2, 0.25) is 0 Å². The Morgan fingerprint density at radius 1 is 1.13 bits per heavy atom. The molecule has 0 saturated carbocycles. The highest BCUT2D eigenvalue weighted by molar-refractivity contribution is 5.84. The molecule has 23 heavy (non-hydrogen) atoms. The second-order valence-electron chi connectivity index (χ2n) is 6.80. The largest absolute Gasteiger partial charge is 0.497 e. The minimum Gasteiger partial charge on any atom is -0.497 e. The quantitative estimate of drug-likeness (QED) is 0.914. The van der Waals surface area contributed by atoms with Gasteiger partial charge in [-0.25, -0.2) is 0 Å². The maximum Gasteiger partial charge on any atom is 0.119 e. The van der Waals surface area contributed by atoms with E-state index in [1.807, 2.05) is 6.07 Å². The first-order chi connectivity index (χ1) is 11.2. The minimum absolute atomic E-state index is 0.345. The second kappa shape index (κ2) is 7.33. The van der Waals surface area contributed by atoms with Crippen molar-refractivity contribution < 1.29 is 9.84 Å². The van der Waals surface area contributed by atoms with Crippen LogP contribution in [0, 0.1) is 5.92 Å². The smallest absolute Gasteiger partial charge is 0.119 e. The summed E-state index contributed by atoms with van der Waals surface area (Å²) in [5.41, 5.74) is 1.40. The highest BCUT2D eigenvalue weighted by Gasteiger charge is 2.20. The lowest BCUT2D eigenvalue weighted by Gasteiger charge is -2.33. The number of aliphatic hydroxyl groups excluding tert-OH is 1. The fraction of sp³-hybridized carbons (Fsp3) is 0.500. The number of fused-ring (bicyclic) bond motifs is 1. The number of rotatable bonds is 5. The Morgan fingerprint density at radius 2 is 1.83 bits per heavy atom. The van der Waals surface area contributed by atoms with E-state index in [-0.39, 0.29) is 0 Å². The molecule has 1 aliphatic heterocycles. The highest BCUT2D eigenvalue weighted by Crippen LogP contribution is 2.26. The molecular formula is C20H27NO2. The van der Waals surface area contributed by atoms with E-state index in [0.717, 1.165) is 38.2 Å². The van der Waals surface area contributed by atoms with Crippen LogP contribution < -0.4 is 4.74 Å². The van der Waals surface area contributed by atoms with Crippen molar-refractivity contribution in [2.75, 3.05) is 33.4 Å². The Hall–Kier alpha value is -1.58. The molecule has 1 saturated heterocycles. The van der Waals surface area contributed by atoms with Crippen molar-refractivity contribution in [2.45, 2.75) is 25.7 Å². The lowest BCUT2D eigenvalue weighted by molar-refractivity contribution is 0.128. The number of nitrogens with zero attached hydrogens (tertiary/aromatic N) is 1. The Kier molecular flexibility index (Phi) is 5.19. The van der Waals surface area contributed by atoms with Gasteiger partial charge in [0.1, 0.15) is 5.75 Å². The van der Waals surface area contributed by atoms with Crippen LogP contribution in [0.1, 0.15) is 31.2 Å². The van der Waals surface area contributed by atoms with Crippen molar-refractivity contribution in [1.29, 1.82) is 0 Å². The van der Waals surface area contributed by atoms with Gasteiger partial charge >= 0.3 is 0 Å². The fourth-order valence-electron chi connectivity index (χ4n) is 3.52. The lowest BCUT2D eigenvalue weighted by atomic mass is 9.94. The van der Waals surface area contributed by atoms with E-state index >= 15 is 0 Å². The van der Waals surface area contributed by atoms with Crippen LogP contribution in [0.5, 0.6) is 5.75 Å². The van der Waals surface area contributed by atoms with Gasteiger partial charge in [0.15, 0.2) is 0 Å². The molecule has 1 unspecified atom stereocenters. The molecule has 0 aliphatic carbocycles. The van der Waals surface area contributed by atoms with E-state index in [1.54, 1.807) is 7.11 Å². The number of methoxy groups -OCH3 is 1. The average molecular weight is 313 g/mol. The molecule has 1 fully saturated rings. The van der Waals surface area contributed by atoms with Crippen LogP contribution in [0.3, 0.4) is 0 Å². The summed E-state index contributed by atoms with van der Waals surface area (Å²) >= 11 is 0. The summed E-state index contributed by atoms with van der Waals surface area (Å²) in [6.45, 7) is 5.97.